The minimum absolute atomic E-state index is 0.212. The largest absolute Gasteiger partial charge is 0.342 e. The van der Waals surface area contributed by atoms with Gasteiger partial charge in [0.2, 0.25) is 0 Å². The third-order valence-corrected chi connectivity index (χ3v) is 6.44. The molecule has 3 aromatic rings. The average molecular weight is 487 g/mol. The molecule has 0 radical (unpaired) electrons. The maximum absolute atomic E-state index is 13.2. The molecule has 0 unspecified atom stereocenters. The van der Waals surface area contributed by atoms with Crippen LogP contribution in [0.15, 0.2) is 58.0 Å². The molecule has 0 bridgehead atoms. The Kier molecular flexibility index (Phi) is 6.11. The Balaban J connectivity index is 1.71. The SMILES string of the molecule is CCCCN1C(=O)S/C(=C\c2cn(Cc3ccc(F)cc3)c3ccc(Br)cc23)C1=O. The molecule has 2 aromatic carbocycles. The number of unbranched alkanes of at least 4 members (excludes halogenated alkanes) is 1. The van der Waals surface area contributed by atoms with Crippen molar-refractivity contribution in [3.05, 3.63) is 75.0 Å². The van der Waals surface area contributed by atoms with Gasteiger partial charge in [0, 0.05) is 40.2 Å². The molecular formula is C23H20BrFN2O2S. The molecule has 4 rings (SSSR count). The van der Waals surface area contributed by atoms with Crippen LogP contribution in [-0.2, 0) is 11.3 Å². The topological polar surface area (TPSA) is 42.3 Å². The predicted octanol–water partition coefficient (Wildman–Crippen LogP) is 6.43. The highest BCUT2D eigenvalue weighted by atomic mass is 79.9. The second-order valence-electron chi connectivity index (χ2n) is 7.19. The van der Waals surface area contributed by atoms with Crippen LogP contribution in [0.5, 0.6) is 0 Å². The van der Waals surface area contributed by atoms with Gasteiger partial charge in [-0.25, -0.2) is 4.39 Å². The molecule has 1 aliphatic rings. The van der Waals surface area contributed by atoms with Crippen LogP contribution < -0.4 is 0 Å². The van der Waals surface area contributed by atoms with Crippen molar-refractivity contribution in [2.75, 3.05) is 6.54 Å². The van der Waals surface area contributed by atoms with Crippen molar-refractivity contribution in [3.8, 4) is 0 Å². The highest BCUT2D eigenvalue weighted by Gasteiger charge is 2.34. The number of fused-ring (bicyclic) bond motifs is 1. The van der Waals surface area contributed by atoms with Crippen LogP contribution in [0.25, 0.3) is 17.0 Å². The Morgan fingerprint density at radius 2 is 1.90 bits per heavy atom. The van der Waals surface area contributed by atoms with Crippen LogP contribution in [0.1, 0.15) is 30.9 Å². The number of carbonyl (C=O) groups excluding carboxylic acids is 2. The summed E-state index contributed by atoms with van der Waals surface area (Å²) >= 11 is 4.51. The summed E-state index contributed by atoms with van der Waals surface area (Å²) in [6.07, 6.45) is 5.49. The van der Waals surface area contributed by atoms with Gasteiger partial charge in [0.25, 0.3) is 11.1 Å². The molecule has 0 spiro atoms. The summed E-state index contributed by atoms with van der Waals surface area (Å²) in [5.74, 6) is -0.493. The zero-order chi connectivity index (χ0) is 21.3. The molecule has 1 aliphatic heterocycles. The number of aromatic nitrogens is 1. The Bertz CT molecular complexity index is 1150. The fourth-order valence-corrected chi connectivity index (χ4v) is 4.70. The molecule has 2 heterocycles. The van der Waals surface area contributed by atoms with E-state index in [9.17, 15) is 14.0 Å². The first kappa shape index (κ1) is 20.9. The van der Waals surface area contributed by atoms with E-state index in [0.717, 1.165) is 51.1 Å². The van der Waals surface area contributed by atoms with E-state index in [1.807, 2.05) is 31.3 Å². The highest BCUT2D eigenvalue weighted by molar-refractivity contribution is 9.10. The summed E-state index contributed by atoms with van der Waals surface area (Å²) in [6.45, 7) is 3.06. The third-order valence-electron chi connectivity index (χ3n) is 5.04. The van der Waals surface area contributed by atoms with Crippen molar-refractivity contribution in [1.29, 1.82) is 0 Å². The number of rotatable bonds is 6. The number of thioether (sulfide) groups is 1. The van der Waals surface area contributed by atoms with Crippen LogP contribution in [0, 0.1) is 5.82 Å². The lowest BCUT2D eigenvalue weighted by Gasteiger charge is -2.10. The first-order valence-corrected chi connectivity index (χ1v) is 11.4. The molecule has 0 atom stereocenters. The molecule has 154 valence electrons. The van der Waals surface area contributed by atoms with Crippen molar-refractivity contribution < 1.29 is 14.0 Å². The minimum Gasteiger partial charge on any atom is -0.342 e. The standard InChI is InChI=1S/C23H20BrFN2O2S/c1-2-3-10-27-22(28)21(30-23(27)29)11-16-14-26(13-15-4-7-18(25)8-5-15)20-9-6-17(24)12-19(16)20/h4-9,11-12,14H,2-3,10,13H2,1H3/b21-11-. The van der Waals surface area contributed by atoms with E-state index < -0.39 is 0 Å². The fraction of sp³-hybridized carbons (Fsp3) is 0.217. The number of hydrogen-bond donors (Lipinski definition) is 0. The van der Waals surface area contributed by atoms with E-state index in [-0.39, 0.29) is 17.0 Å². The number of benzene rings is 2. The zero-order valence-electron chi connectivity index (χ0n) is 16.4. The molecule has 1 fully saturated rings. The van der Waals surface area contributed by atoms with Gasteiger partial charge in [0.1, 0.15) is 5.82 Å². The summed E-state index contributed by atoms with van der Waals surface area (Å²) in [5.41, 5.74) is 2.84. The fourth-order valence-electron chi connectivity index (χ4n) is 3.48. The van der Waals surface area contributed by atoms with E-state index in [1.165, 1.54) is 17.0 Å². The Labute approximate surface area is 186 Å². The van der Waals surface area contributed by atoms with Gasteiger partial charge in [-0.15, -0.1) is 0 Å². The molecule has 1 saturated heterocycles. The lowest BCUT2D eigenvalue weighted by molar-refractivity contribution is -0.122. The summed E-state index contributed by atoms with van der Waals surface area (Å²) in [5, 5.41) is 0.766. The van der Waals surface area contributed by atoms with Crippen molar-refractivity contribution in [3.63, 3.8) is 0 Å². The number of halogens is 2. The van der Waals surface area contributed by atoms with Crippen molar-refractivity contribution >= 4 is 55.8 Å². The quantitative estimate of drug-likeness (QED) is 0.377. The smallest absolute Gasteiger partial charge is 0.293 e. The van der Waals surface area contributed by atoms with Gasteiger partial charge >= 0.3 is 0 Å². The Morgan fingerprint density at radius 3 is 2.63 bits per heavy atom. The maximum Gasteiger partial charge on any atom is 0.293 e. The van der Waals surface area contributed by atoms with Gasteiger partial charge in [0.05, 0.1) is 4.91 Å². The van der Waals surface area contributed by atoms with Crippen LogP contribution in [0.4, 0.5) is 9.18 Å². The first-order chi connectivity index (χ1) is 14.5. The first-order valence-electron chi connectivity index (χ1n) is 9.74. The normalized spacial score (nSPS) is 15.7. The van der Waals surface area contributed by atoms with Crippen LogP contribution in [0.3, 0.4) is 0 Å². The van der Waals surface area contributed by atoms with Gasteiger partial charge in [-0.1, -0.05) is 41.4 Å². The summed E-state index contributed by atoms with van der Waals surface area (Å²) in [4.78, 5) is 26.8. The van der Waals surface area contributed by atoms with Crippen molar-refractivity contribution in [1.82, 2.24) is 9.47 Å². The zero-order valence-corrected chi connectivity index (χ0v) is 18.8. The van der Waals surface area contributed by atoms with E-state index in [4.69, 9.17) is 0 Å². The van der Waals surface area contributed by atoms with Crippen LogP contribution >= 0.6 is 27.7 Å². The number of imide groups is 1. The van der Waals surface area contributed by atoms with Crippen LogP contribution in [0.2, 0.25) is 0 Å². The lowest BCUT2D eigenvalue weighted by Crippen LogP contribution is -2.29. The van der Waals surface area contributed by atoms with Crippen molar-refractivity contribution in [2.24, 2.45) is 0 Å². The molecule has 2 amide bonds. The predicted molar refractivity (Wildman–Crippen MR) is 123 cm³/mol. The molecule has 0 N–H and O–H groups in total. The van der Waals surface area contributed by atoms with E-state index in [1.54, 1.807) is 18.2 Å². The molecule has 0 saturated carbocycles. The maximum atomic E-state index is 13.2. The number of amides is 2. The molecule has 7 heteroatoms. The summed E-state index contributed by atoms with van der Waals surface area (Å²) in [6, 6.07) is 12.4. The molecule has 4 nitrogen and oxygen atoms in total. The third kappa shape index (κ3) is 4.23. The summed E-state index contributed by atoms with van der Waals surface area (Å²) in [7, 11) is 0. The highest BCUT2D eigenvalue weighted by Crippen LogP contribution is 2.35. The molecular weight excluding hydrogens is 467 g/mol. The Hall–Kier alpha value is -2.38. The average Bonchev–Trinajstić information content (AvgIpc) is 3.18. The van der Waals surface area contributed by atoms with Gasteiger partial charge in [0.15, 0.2) is 0 Å². The monoisotopic (exact) mass is 486 g/mol. The van der Waals surface area contributed by atoms with Crippen LogP contribution in [-0.4, -0.2) is 27.2 Å². The molecule has 30 heavy (non-hydrogen) atoms. The number of hydrogen-bond acceptors (Lipinski definition) is 3. The second kappa shape index (κ2) is 8.78. The molecule has 1 aromatic heterocycles. The van der Waals surface area contributed by atoms with Gasteiger partial charge in [-0.3, -0.25) is 14.5 Å². The minimum atomic E-state index is -0.264. The van der Waals surface area contributed by atoms with E-state index >= 15 is 0 Å². The molecule has 0 aliphatic carbocycles. The van der Waals surface area contributed by atoms with Gasteiger partial charge < -0.3 is 4.57 Å². The number of carbonyl (C=O) groups is 2. The van der Waals surface area contributed by atoms with Gasteiger partial charge in [-0.05, 0) is 60.2 Å². The summed E-state index contributed by atoms with van der Waals surface area (Å²) < 4.78 is 16.2. The van der Waals surface area contributed by atoms with Gasteiger partial charge in [-0.2, -0.15) is 0 Å². The van der Waals surface area contributed by atoms with E-state index in [2.05, 4.69) is 20.5 Å². The van der Waals surface area contributed by atoms with E-state index in [0.29, 0.717) is 18.0 Å². The lowest BCUT2D eigenvalue weighted by atomic mass is 10.1. The van der Waals surface area contributed by atoms with Crippen molar-refractivity contribution in [2.45, 2.75) is 26.3 Å². The Morgan fingerprint density at radius 1 is 1.13 bits per heavy atom. The number of nitrogens with zero attached hydrogens (tertiary/aromatic N) is 2. The second-order valence-corrected chi connectivity index (χ2v) is 9.10.